The van der Waals surface area contributed by atoms with Gasteiger partial charge in [0.05, 0.1) is 13.2 Å². The molecule has 19 heavy (non-hydrogen) atoms. The van der Waals surface area contributed by atoms with Crippen LogP contribution in [0, 0.1) is 5.92 Å². The van der Waals surface area contributed by atoms with E-state index in [4.69, 9.17) is 4.74 Å². The Kier molecular flexibility index (Phi) is 5.43. The van der Waals surface area contributed by atoms with Gasteiger partial charge in [0.15, 0.2) is 0 Å². The number of nitrogens with one attached hydrogen (secondary N) is 1. The SMILES string of the molecule is COc1cccc(C(O)CNCC2CC=CCC2)c1. The second-order valence-electron chi connectivity index (χ2n) is 5.10. The van der Waals surface area contributed by atoms with Gasteiger partial charge in [-0.15, -0.1) is 0 Å². The fourth-order valence-electron chi connectivity index (χ4n) is 2.43. The van der Waals surface area contributed by atoms with Gasteiger partial charge in [-0.2, -0.15) is 0 Å². The van der Waals surface area contributed by atoms with Crippen LogP contribution in [0.2, 0.25) is 0 Å². The predicted octanol–water partition coefficient (Wildman–Crippen LogP) is 2.67. The molecule has 0 heterocycles. The molecular weight excluding hydrogens is 238 g/mol. The highest BCUT2D eigenvalue weighted by Gasteiger charge is 2.12. The zero-order valence-corrected chi connectivity index (χ0v) is 11.5. The fraction of sp³-hybridized carbons (Fsp3) is 0.500. The molecule has 1 aromatic rings. The molecule has 0 aliphatic heterocycles. The fourth-order valence-corrected chi connectivity index (χ4v) is 2.43. The number of hydrogen-bond donors (Lipinski definition) is 2. The van der Waals surface area contributed by atoms with Crippen molar-refractivity contribution >= 4 is 0 Å². The molecule has 2 N–H and O–H groups in total. The van der Waals surface area contributed by atoms with E-state index in [1.54, 1.807) is 7.11 Å². The highest BCUT2D eigenvalue weighted by atomic mass is 16.5. The van der Waals surface area contributed by atoms with Crippen LogP contribution in [0.5, 0.6) is 5.75 Å². The summed E-state index contributed by atoms with van der Waals surface area (Å²) >= 11 is 0. The van der Waals surface area contributed by atoms with Crippen LogP contribution in [0.15, 0.2) is 36.4 Å². The second kappa shape index (κ2) is 7.31. The van der Waals surface area contributed by atoms with Crippen molar-refractivity contribution in [3.8, 4) is 5.75 Å². The Morgan fingerprint density at radius 3 is 3.05 bits per heavy atom. The first-order valence-corrected chi connectivity index (χ1v) is 6.97. The number of allylic oxidation sites excluding steroid dienone is 2. The molecule has 0 bridgehead atoms. The van der Waals surface area contributed by atoms with Crippen LogP contribution in [0.3, 0.4) is 0 Å². The van der Waals surface area contributed by atoms with Gasteiger partial charge in [0.2, 0.25) is 0 Å². The van der Waals surface area contributed by atoms with Gasteiger partial charge >= 0.3 is 0 Å². The molecule has 2 rings (SSSR count). The van der Waals surface area contributed by atoms with Gasteiger partial charge < -0.3 is 15.2 Å². The lowest BCUT2D eigenvalue weighted by Crippen LogP contribution is -2.27. The summed E-state index contributed by atoms with van der Waals surface area (Å²) in [4.78, 5) is 0. The van der Waals surface area contributed by atoms with Crippen LogP contribution < -0.4 is 10.1 Å². The van der Waals surface area contributed by atoms with E-state index < -0.39 is 6.10 Å². The Labute approximate surface area is 115 Å². The zero-order chi connectivity index (χ0) is 13.5. The summed E-state index contributed by atoms with van der Waals surface area (Å²) in [5.74, 6) is 1.50. The number of ether oxygens (including phenoxy) is 1. The molecule has 0 radical (unpaired) electrons. The maximum atomic E-state index is 10.1. The topological polar surface area (TPSA) is 41.5 Å². The third-order valence-electron chi connectivity index (χ3n) is 3.63. The van der Waals surface area contributed by atoms with E-state index in [1.807, 2.05) is 24.3 Å². The standard InChI is InChI=1S/C16H23NO2/c1-19-15-9-5-8-14(10-15)16(18)12-17-11-13-6-3-2-4-7-13/h2-3,5,8-10,13,16-18H,4,6-7,11-12H2,1H3. The number of aliphatic hydroxyl groups is 1. The Bertz CT molecular complexity index is 417. The van der Waals surface area contributed by atoms with Crippen molar-refractivity contribution in [2.75, 3.05) is 20.2 Å². The highest BCUT2D eigenvalue weighted by Crippen LogP contribution is 2.19. The van der Waals surface area contributed by atoms with Gasteiger partial charge in [-0.1, -0.05) is 24.3 Å². The van der Waals surface area contributed by atoms with Crippen LogP contribution >= 0.6 is 0 Å². The molecule has 2 atom stereocenters. The van der Waals surface area contributed by atoms with Crippen LogP contribution in [0.1, 0.15) is 30.9 Å². The number of benzene rings is 1. The van der Waals surface area contributed by atoms with Gasteiger partial charge in [-0.25, -0.2) is 0 Å². The van der Waals surface area contributed by atoms with Crippen molar-refractivity contribution in [2.24, 2.45) is 5.92 Å². The number of aliphatic hydroxyl groups excluding tert-OH is 1. The van der Waals surface area contributed by atoms with Crippen LogP contribution in [-0.4, -0.2) is 25.3 Å². The number of hydrogen-bond acceptors (Lipinski definition) is 3. The summed E-state index contributed by atoms with van der Waals surface area (Å²) in [6.07, 6.45) is 7.62. The molecule has 104 valence electrons. The molecule has 3 heteroatoms. The Balaban J connectivity index is 1.76. The monoisotopic (exact) mass is 261 g/mol. The lowest BCUT2D eigenvalue weighted by molar-refractivity contribution is 0.172. The van der Waals surface area contributed by atoms with Crippen molar-refractivity contribution in [3.63, 3.8) is 0 Å². The summed E-state index contributed by atoms with van der Waals surface area (Å²) < 4.78 is 5.17. The van der Waals surface area contributed by atoms with Crippen LogP contribution in [-0.2, 0) is 0 Å². The molecule has 1 aliphatic carbocycles. The van der Waals surface area contributed by atoms with Crippen molar-refractivity contribution < 1.29 is 9.84 Å². The predicted molar refractivity (Wildman–Crippen MR) is 77.3 cm³/mol. The van der Waals surface area contributed by atoms with Gasteiger partial charge in [0.1, 0.15) is 5.75 Å². The van der Waals surface area contributed by atoms with E-state index in [-0.39, 0.29) is 0 Å². The van der Waals surface area contributed by atoms with Gasteiger partial charge in [-0.3, -0.25) is 0 Å². The summed E-state index contributed by atoms with van der Waals surface area (Å²) in [6.45, 7) is 1.57. The van der Waals surface area contributed by atoms with Gasteiger partial charge in [0.25, 0.3) is 0 Å². The second-order valence-corrected chi connectivity index (χ2v) is 5.10. The normalized spacial score (nSPS) is 20.2. The lowest BCUT2D eigenvalue weighted by atomic mass is 9.94. The first kappa shape index (κ1) is 14.1. The van der Waals surface area contributed by atoms with E-state index in [2.05, 4.69) is 17.5 Å². The maximum absolute atomic E-state index is 10.1. The average Bonchev–Trinajstić information content (AvgIpc) is 2.48. The van der Waals surface area contributed by atoms with E-state index >= 15 is 0 Å². The number of rotatable bonds is 6. The van der Waals surface area contributed by atoms with Crippen molar-refractivity contribution in [3.05, 3.63) is 42.0 Å². The molecular formula is C16H23NO2. The van der Waals surface area contributed by atoms with E-state index in [1.165, 1.54) is 12.8 Å². The first-order valence-electron chi connectivity index (χ1n) is 6.97. The Hall–Kier alpha value is -1.32. The quantitative estimate of drug-likeness (QED) is 0.774. The van der Waals surface area contributed by atoms with Crippen LogP contribution in [0.4, 0.5) is 0 Å². The van der Waals surface area contributed by atoms with E-state index in [0.717, 1.165) is 24.3 Å². The summed E-state index contributed by atoms with van der Waals surface area (Å²) in [7, 11) is 1.64. The van der Waals surface area contributed by atoms with Gasteiger partial charge in [-0.05, 0) is 49.4 Å². The molecule has 3 nitrogen and oxygen atoms in total. The maximum Gasteiger partial charge on any atom is 0.119 e. The van der Waals surface area contributed by atoms with E-state index in [0.29, 0.717) is 12.5 Å². The van der Waals surface area contributed by atoms with Crippen molar-refractivity contribution in [2.45, 2.75) is 25.4 Å². The smallest absolute Gasteiger partial charge is 0.119 e. The molecule has 0 amide bonds. The molecule has 1 aliphatic rings. The Morgan fingerprint density at radius 1 is 1.42 bits per heavy atom. The first-order chi connectivity index (χ1) is 9.29. The molecule has 0 saturated carbocycles. The molecule has 0 spiro atoms. The minimum atomic E-state index is -0.478. The molecule has 0 aromatic heterocycles. The zero-order valence-electron chi connectivity index (χ0n) is 11.5. The summed E-state index contributed by atoms with van der Waals surface area (Å²) in [5.41, 5.74) is 0.899. The molecule has 0 saturated heterocycles. The Morgan fingerprint density at radius 2 is 2.32 bits per heavy atom. The lowest BCUT2D eigenvalue weighted by Gasteiger charge is -2.19. The average molecular weight is 261 g/mol. The van der Waals surface area contributed by atoms with E-state index in [9.17, 15) is 5.11 Å². The molecule has 1 aromatic carbocycles. The number of methoxy groups -OCH3 is 1. The third-order valence-corrected chi connectivity index (χ3v) is 3.63. The largest absolute Gasteiger partial charge is 0.497 e. The summed E-state index contributed by atoms with van der Waals surface area (Å²) in [6, 6.07) is 7.61. The van der Waals surface area contributed by atoms with Crippen LogP contribution in [0.25, 0.3) is 0 Å². The summed E-state index contributed by atoms with van der Waals surface area (Å²) in [5, 5.41) is 13.5. The minimum absolute atomic E-state index is 0.478. The van der Waals surface area contributed by atoms with Gasteiger partial charge in [0, 0.05) is 6.54 Å². The highest BCUT2D eigenvalue weighted by molar-refractivity contribution is 5.29. The minimum Gasteiger partial charge on any atom is -0.497 e. The molecule has 0 fully saturated rings. The molecule has 2 unspecified atom stereocenters. The van der Waals surface area contributed by atoms with Crippen molar-refractivity contribution in [1.82, 2.24) is 5.32 Å². The van der Waals surface area contributed by atoms with Crippen molar-refractivity contribution in [1.29, 1.82) is 0 Å². The third kappa shape index (κ3) is 4.37.